The van der Waals surface area contributed by atoms with E-state index in [1.165, 1.54) is 3.57 Å². The molecule has 0 amide bonds. The Morgan fingerprint density at radius 1 is 1.40 bits per heavy atom. The van der Waals surface area contributed by atoms with Crippen LogP contribution in [0.15, 0.2) is 24.3 Å². The molecule has 0 radical (unpaired) electrons. The first-order valence-electron chi connectivity index (χ1n) is 2.91. The number of alkyl halides is 1. The average molecular weight is 267 g/mol. The molecule has 1 heterocycles. The molecule has 2 rings (SSSR count). The molecule has 1 aliphatic rings. The predicted molar refractivity (Wildman–Crippen MR) is 34.8 cm³/mol. The van der Waals surface area contributed by atoms with E-state index in [-0.39, 0.29) is 27.2 Å². The molecule has 0 spiro atoms. The van der Waals surface area contributed by atoms with E-state index in [0.29, 0.717) is 0 Å². The van der Waals surface area contributed by atoms with Crippen LogP contribution >= 0.6 is 11.6 Å². The molecule has 1 nitrogen and oxygen atoms in total. The first-order chi connectivity index (χ1) is 4.88. The fourth-order valence-electron chi connectivity index (χ4n) is 0.865. The number of rotatable bonds is 0. The van der Waals surface area contributed by atoms with Gasteiger partial charge in [-0.25, -0.2) is 0 Å². The van der Waals surface area contributed by atoms with Crippen LogP contribution in [0.5, 0.6) is 0 Å². The van der Waals surface area contributed by atoms with Gasteiger partial charge in [0.2, 0.25) is 0 Å². The van der Waals surface area contributed by atoms with Crippen LogP contribution in [0.25, 0.3) is 0 Å². The fraction of sp³-hybridized carbons (Fsp3) is 0.143. The third-order valence-corrected chi connectivity index (χ3v) is 4.20. The normalized spacial score (nSPS) is 23.5. The second-order valence-corrected chi connectivity index (χ2v) is 4.51. The Hall–Kier alpha value is 0.200. The van der Waals surface area contributed by atoms with Crippen molar-refractivity contribution in [2.75, 3.05) is 0 Å². The van der Waals surface area contributed by atoms with Gasteiger partial charge >= 0.3 is 75.2 Å². The van der Waals surface area contributed by atoms with E-state index in [9.17, 15) is 0 Å². The van der Waals surface area contributed by atoms with Crippen LogP contribution in [-0.4, -0.2) is 0 Å². The van der Waals surface area contributed by atoms with E-state index in [1.54, 1.807) is 0 Å². The van der Waals surface area contributed by atoms with Crippen LogP contribution in [0.1, 0.15) is 11.1 Å². The first kappa shape index (κ1) is 6.88. The molecule has 0 bridgehead atoms. The van der Waals surface area contributed by atoms with Crippen molar-refractivity contribution in [1.82, 2.24) is 0 Å². The maximum atomic E-state index is 5.85. The van der Waals surface area contributed by atoms with Crippen molar-refractivity contribution >= 4 is 11.6 Å². The Balaban J connectivity index is 2.51. The zero-order valence-corrected chi connectivity index (χ0v) is 7.96. The van der Waals surface area contributed by atoms with Crippen LogP contribution in [0.3, 0.4) is 0 Å². The standard InChI is InChI=1S/C7H5ClIO/c8-7-5-3-1-2-4-6(5)9-10-7/h1-4,7H/q-1. The first-order valence-corrected chi connectivity index (χ1v) is 5.31. The van der Waals surface area contributed by atoms with Gasteiger partial charge in [0.25, 0.3) is 0 Å². The molecule has 54 valence electrons. The van der Waals surface area contributed by atoms with Crippen molar-refractivity contribution in [3.63, 3.8) is 0 Å². The van der Waals surface area contributed by atoms with E-state index in [1.807, 2.05) is 18.2 Å². The quantitative estimate of drug-likeness (QED) is 0.439. The zero-order valence-electron chi connectivity index (χ0n) is 5.05. The summed E-state index contributed by atoms with van der Waals surface area (Å²) in [5.41, 5.74) is 0.987. The molecule has 0 aromatic heterocycles. The monoisotopic (exact) mass is 267 g/mol. The Bertz CT molecular complexity index is 251. The second kappa shape index (κ2) is 2.68. The molecule has 0 aliphatic carbocycles. The van der Waals surface area contributed by atoms with E-state index < -0.39 is 0 Å². The molecular formula is C7H5ClIO-. The molecule has 0 N–H and O–H groups in total. The molecule has 10 heavy (non-hydrogen) atoms. The van der Waals surface area contributed by atoms with E-state index in [0.717, 1.165) is 5.56 Å². The van der Waals surface area contributed by atoms with Crippen LogP contribution in [0.2, 0.25) is 0 Å². The van der Waals surface area contributed by atoms with Crippen molar-refractivity contribution < 1.29 is 24.7 Å². The summed E-state index contributed by atoms with van der Waals surface area (Å²) in [6, 6.07) is 8.13. The molecule has 1 atom stereocenters. The van der Waals surface area contributed by atoms with Gasteiger partial charge in [0.15, 0.2) is 0 Å². The topological polar surface area (TPSA) is 9.23 Å². The Morgan fingerprint density at radius 3 is 3.00 bits per heavy atom. The number of benzene rings is 1. The van der Waals surface area contributed by atoms with Gasteiger partial charge in [-0.3, -0.25) is 0 Å². The number of fused-ring (bicyclic) bond motifs is 1. The van der Waals surface area contributed by atoms with Crippen molar-refractivity contribution in [2.45, 2.75) is 5.56 Å². The summed E-state index contributed by atoms with van der Waals surface area (Å²) in [5, 5.41) is 0. The molecule has 1 unspecified atom stereocenters. The minimum absolute atomic E-state index is 0.177. The summed E-state index contributed by atoms with van der Waals surface area (Å²) in [7, 11) is 0. The van der Waals surface area contributed by atoms with Gasteiger partial charge < -0.3 is 0 Å². The zero-order chi connectivity index (χ0) is 6.97. The van der Waals surface area contributed by atoms with E-state index in [4.69, 9.17) is 14.7 Å². The SMILES string of the molecule is ClC1O[I-]c2ccccc21. The Labute approximate surface area is 75.1 Å². The molecular weight excluding hydrogens is 262 g/mol. The van der Waals surface area contributed by atoms with Crippen molar-refractivity contribution in [2.24, 2.45) is 0 Å². The minimum atomic E-state index is -0.250. The fourth-order valence-corrected chi connectivity index (χ4v) is 3.31. The number of hydrogen-bond acceptors (Lipinski definition) is 1. The van der Waals surface area contributed by atoms with E-state index in [2.05, 4.69) is 6.07 Å². The van der Waals surface area contributed by atoms with Crippen LogP contribution in [-0.2, 0) is 3.07 Å². The third kappa shape index (κ3) is 1.04. The van der Waals surface area contributed by atoms with Crippen LogP contribution in [0.4, 0.5) is 0 Å². The molecule has 0 saturated carbocycles. The van der Waals surface area contributed by atoms with Gasteiger partial charge in [-0.15, -0.1) is 0 Å². The summed E-state index contributed by atoms with van der Waals surface area (Å²) in [5.74, 6) is 0. The number of hydrogen-bond donors (Lipinski definition) is 0. The predicted octanol–water partition coefficient (Wildman–Crippen LogP) is -0.872. The average Bonchev–Trinajstić information content (AvgIpc) is 2.34. The molecule has 1 aliphatic heterocycles. The summed E-state index contributed by atoms with van der Waals surface area (Å²) in [6.07, 6.45) is 0. The van der Waals surface area contributed by atoms with Crippen LogP contribution < -0.4 is 21.6 Å². The summed E-state index contributed by atoms with van der Waals surface area (Å²) < 4.78 is 6.62. The second-order valence-electron chi connectivity index (χ2n) is 2.00. The van der Waals surface area contributed by atoms with Crippen LogP contribution in [0, 0.1) is 3.57 Å². The molecule has 1 aromatic rings. The Kier molecular flexibility index (Phi) is 1.84. The van der Waals surface area contributed by atoms with Gasteiger partial charge in [0, 0.05) is 0 Å². The summed E-state index contributed by atoms with van der Waals surface area (Å²) in [4.78, 5) is 0. The molecule has 3 heteroatoms. The van der Waals surface area contributed by atoms with Crippen molar-refractivity contribution in [3.05, 3.63) is 33.4 Å². The van der Waals surface area contributed by atoms with E-state index >= 15 is 0 Å². The van der Waals surface area contributed by atoms with Gasteiger partial charge in [-0.2, -0.15) is 0 Å². The molecule has 1 aromatic carbocycles. The molecule has 0 saturated heterocycles. The van der Waals surface area contributed by atoms with Crippen molar-refractivity contribution in [1.29, 1.82) is 0 Å². The summed E-state index contributed by atoms with van der Waals surface area (Å²) in [6.45, 7) is 0. The Morgan fingerprint density at radius 2 is 2.20 bits per heavy atom. The van der Waals surface area contributed by atoms with Gasteiger partial charge in [-0.05, 0) is 0 Å². The molecule has 0 fully saturated rings. The maximum absolute atomic E-state index is 5.85. The van der Waals surface area contributed by atoms with Gasteiger partial charge in [0.1, 0.15) is 0 Å². The van der Waals surface area contributed by atoms with Gasteiger partial charge in [-0.1, -0.05) is 0 Å². The number of halogens is 2. The summed E-state index contributed by atoms with van der Waals surface area (Å²) >= 11 is 5.60. The van der Waals surface area contributed by atoms with Crippen molar-refractivity contribution in [3.8, 4) is 0 Å². The third-order valence-electron chi connectivity index (χ3n) is 1.36. The van der Waals surface area contributed by atoms with Gasteiger partial charge in [0.05, 0.1) is 0 Å².